The molecule has 4 nitrogen and oxygen atoms in total. The van der Waals surface area contributed by atoms with Gasteiger partial charge in [0.1, 0.15) is 5.52 Å². The van der Waals surface area contributed by atoms with E-state index in [1.54, 1.807) is 0 Å². The van der Waals surface area contributed by atoms with Gasteiger partial charge in [0, 0.05) is 24.7 Å². The number of oxazole rings is 1. The summed E-state index contributed by atoms with van der Waals surface area (Å²) in [7, 11) is 0. The molecule has 0 saturated heterocycles. The minimum atomic E-state index is 0.660. The number of nitrogens with one attached hydrogen (secondary N) is 1. The fourth-order valence-electron chi connectivity index (χ4n) is 1.80. The van der Waals surface area contributed by atoms with Crippen LogP contribution in [0, 0.1) is 0 Å². The average Bonchev–Trinajstić information content (AvgIpc) is 2.77. The third-order valence-electron chi connectivity index (χ3n) is 2.80. The van der Waals surface area contributed by atoms with E-state index in [0.29, 0.717) is 11.0 Å². The molecule has 0 saturated carbocycles. The highest BCUT2D eigenvalue weighted by Gasteiger charge is 2.12. The van der Waals surface area contributed by atoms with Crippen LogP contribution in [0.2, 0.25) is 5.02 Å². The zero-order valence-electron chi connectivity index (χ0n) is 10.7. The Balaban J connectivity index is 2.17. The normalized spacial score (nSPS) is 11.1. The molecule has 0 radical (unpaired) electrons. The van der Waals surface area contributed by atoms with Crippen LogP contribution >= 0.6 is 11.6 Å². The second-order valence-electron chi connectivity index (χ2n) is 4.04. The first-order valence-electron chi connectivity index (χ1n) is 6.26. The standard InChI is InChI=1S/C13H18ClN3O/c1-3-15-7-8-17(4-2)13-16-11-9-10(14)5-6-12(11)18-13/h5-6,9,15H,3-4,7-8H2,1-2H3. The van der Waals surface area contributed by atoms with Crippen LogP contribution in [0.15, 0.2) is 22.6 Å². The minimum Gasteiger partial charge on any atom is -0.423 e. The lowest BCUT2D eigenvalue weighted by molar-refractivity contribution is 0.562. The second-order valence-corrected chi connectivity index (χ2v) is 4.48. The number of likely N-dealkylation sites (N-methyl/N-ethyl adjacent to an activating group) is 2. The molecular formula is C13H18ClN3O. The van der Waals surface area contributed by atoms with Gasteiger partial charge >= 0.3 is 0 Å². The summed E-state index contributed by atoms with van der Waals surface area (Å²) in [6, 6.07) is 6.15. The van der Waals surface area contributed by atoms with Gasteiger partial charge in [-0.15, -0.1) is 0 Å². The summed E-state index contributed by atoms with van der Waals surface area (Å²) in [4.78, 5) is 6.58. The molecule has 1 aromatic heterocycles. The van der Waals surface area contributed by atoms with Crippen LogP contribution in [0.1, 0.15) is 13.8 Å². The lowest BCUT2D eigenvalue weighted by Gasteiger charge is -2.18. The molecule has 1 aromatic carbocycles. The van der Waals surface area contributed by atoms with E-state index in [-0.39, 0.29) is 0 Å². The quantitative estimate of drug-likeness (QED) is 0.817. The fourth-order valence-corrected chi connectivity index (χ4v) is 1.97. The van der Waals surface area contributed by atoms with Gasteiger partial charge in [0.05, 0.1) is 0 Å². The van der Waals surface area contributed by atoms with Crippen molar-refractivity contribution in [3.05, 3.63) is 23.2 Å². The first kappa shape index (κ1) is 13.2. The Bertz CT molecular complexity index is 512. The molecule has 2 rings (SSSR count). The molecule has 0 atom stereocenters. The van der Waals surface area contributed by atoms with E-state index in [0.717, 1.165) is 37.3 Å². The number of anilines is 1. The van der Waals surface area contributed by atoms with E-state index >= 15 is 0 Å². The van der Waals surface area contributed by atoms with Gasteiger partial charge in [-0.05, 0) is 31.7 Å². The van der Waals surface area contributed by atoms with Crippen molar-refractivity contribution in [3.8, 4) is 0 Å². The van der Waals surface area contributed by atoms with Gasteiger partial charge in [0.2, 0.25) is 0 Å². The molecular weight excluding hydrogens is 250 g/mol. The maximum absolute atomic E-state index is 5.94. The molecule has 0 spiro atoms. The highest BCUT2D eigenvalue weighted by atomic mass is 35.5. The van der Waals surface area contributed by atoms with Crippen molar-refractivity contribution in [2.45, 2.75) is 13.8 Å². The topological polar surface area (TPSA) is 41.3 Å². The fraction of sp³-hybridized carbons (Fsp3) is 0.462. The maximum atomic E-state index is 5.94. The van der Waals surface area contributed by atoms with E-state index in [4.69, 9.17) is 16.0 Å². The van der Waals surface area contributed by atoms with Crippen molar-refractivity contribution >= 4 is 28.7 Å². The maximum Gasteiger partial charge on any atom is 0.298 e. The number of hydrogen-bond acceptors (Lipinski definition) is 4. The molecule has 0 aliphatic heterocycles. The number of nitrogens with zero attached hydrogens (tertiary/aromatic N) is 2. The molecule has 1 heterocycles. The number of benzene rings is 1. The lowest BCUT2D eigenvalue weighted by atomic mass is 10.3. The minimum absolute atomic E-state index is 0.660. The Kier molecular flexibility index (Phi) is 4.44. The number of fused-ring (bicyclic) bond motifs is 1. The van der Waals surface area contributed by atoms with Crippen molar-refractivity contribution < 1.29 is 4.42 Å². The summed E-state index contributed by atoms with van der Waals surface area (Å²) in [5.41, 5.74) is 1.58. The largest absolute Gasteiger partial charge is 0.423 e. The summed E-state index contributed by atoms with van der Waals surface area (Å²) in [6.45, 7) is 7.83. The van der Waals surface area contributed by atoms with Crippen molar-refractivity contribution in [1.29, 1.82) is 0 Å². The zero-order valence-corrected chi connectivity index (χ0v) is 11.5. The first-order chi connectivity index (χ1) is 8.74. The van der Waals surface area contributed by atoms with E-state index < -0.39 is 0 Å². The van der Waals surface area contributed by atoms with Crippen LogP contribution in [-0.2, 0) is 0 Å². The molecule has 0 aliphatic carbocycles. The van der Waals surface area contributed by atoms with Crippen LogP contribution in [0.5, 0.6) is 0 Å². The summed E-state index contributed by atoms with van der Waals surface area (Å²) < 4.78 is 5.74. The van der Waals surface area contributed by atoms with Crippen molar-refractivity contribution in [1.82, 2.24) is 10.3 Å². The number of hydrogen-bond donors (Lipinski definition) is 1. The Morgan fingerprint density at radius 1 is 1.39 bits per heavy atom. The van der Waals surface area contributed by atoms with Crippen molar-refractivity contribution in [3.63, 3.8) is 0 Å². The highest BCUT2D eigenvalue weighted by molar-refractivity contribution is 6.31. The van der Waals surface area contributed by atoms with E-state index in [2.05, 4.69) is 29.0 Å². The van der Waals surface area contributed by atoms with Gasteiger partial charge in [-0.2, -0.15) is 4.98 Å². The molecule has 5 heteroatoms. The SMILES string of the molecule is CCNCCN(CC)c1nc2cc(Cl)ccc2o1. The third-order valence-corrected chi connectivity index (χ3v) is 3.03. The summed E-state index contributed by atoms with van der Waals surface area (Å²) in [6.07, 6.45) is 0. The summed E-state index contributed by atoms with van der Waals surface area (Å²) in [5.74, 6) is 0. The molecule has 0 aliphatic rings. The Hall–Kier alpha value is -1.26. The predicted octanol–water partition coefficient (Wildman–Crippen LogP) is 2.92. The van der Waals surface area contributed by atoms with Gasteiger partial charge in [-0.1, -0.05) is 18.5 Å². The molecule has 98 valence electrons. The number of halogens is 1. The molecule has 0 unspecified atom stereocenters. The van der Waals surface area contributed by atoms with Gasteiger partial charge < -0.3 is 14.6 Å². The first-order valence-corrected chi connectivity index (χ1v) is 6.64. The van der Waals surface area contributed by atoms with Gasteiger partial charge in [0.15, 0.2) is 5.58 Å². The number of aromatic nitrogens is 1. The number of rotatable bonds is 6. The predicted molar refractivity (Wildman–Crippen MR) is 75.4 cm³/mol. The Morgan fingerprint density at radius 3 is 2.94 bits per heavy atom. The highest BCUT2D eigenvalue weighted by Crippen LogP contribution is 2.24. The lowest BCUT2D eigenvalue weighted by Crippen LogP contribution is -2.32. The van der Waals surface area contributed by atoms with E-state index in [1.807, 2.05) is 18.2 Å². The molecule has 0 amide bonds. The van der Waals surface area contributed by atoms with E-state index in [1.165, 1.54) is 0 Å². The average molecular weight is 268 g/mol. The van der Waals surface area contributed by atoms with Crippen LogP contribution in [0.4, 0.5) is 6.01 Å². The van der Waals surface area contributed by atoms with E-state index in [9.17, 15) is 0 Å². The van der Waals surface area contributed by atoms with Gasteiger partial charge in [0.25, 0.3) is 6.01 Å². The molecule has 0 bridgehead atoms. The van der Waals surface area contributed by atoms with Crippen molar-refractivity contribution in [2.75, 3.05) is 31.1 Å². The third kappa shape index (κ3) is 2.94. The molecule has 2 aromatic rings. The molecule has 1 N–H and O–H groups in total. The Morgan fingerprint density at radius 2 is 2.22 bits per heavy atom. The summed E-state index contributed by atoms with van der Waals surface area (Å²) >= 11 is 5.94. The smallest absolute Gasteiger partial charge is 0.298 e. The van der Waals surface area contributed by atoms with Gasteiger partial charge in [-0.3, -0.25) is 0 Å². The Labute approximate surface area is 112 Å². The molecule has 18 heavy (non-hydrogen) atoms. The van der Waals surface area contributed by atoms with Crippen LogP contribution in [0.25, 0.3) is 11.1 Å². The van der Waals surface area contributed by atoms with Crippen LogP contribution in [0.3, 0.4) is 0 Å². The van der Waals surface area contributed by atoms with Crippen LogP contribution in [-0.4, -0.2) is 31.2 Å². The second kappa shape index (κ2) is 6.07. The van der Waals surface area contributed by atoms with Crippen molar-refractivity contribution in [2.24, 2.45) is 0 Å². The van der Waals surface area contributed by atoms with Gasteiger partial charge in [-0.25, -0.2) is 0 Å². The summed E-state index contributed by atoms with van der Waals surface area (Å²) in [5, 5.41) is 3.97. The molecule has 0 fully saturated rings. The monoisotopic (exact) mass is 267 g/mol. The zero-order chi connectivity index (χ0) is 13.0. The van der Waals surface area contributed by atoms with Crippen LogP contribution < -0.4 is 10.2 Å².